The molecule has 0 aromatic carbocycles. The number of ether oxygens (including phenoxy) is 1. The van der Waals surface area contributed by atoms with Crippen LogP contribution in [0.25, 0.3) is 0 Å². The Kier molecular flexibility index (Phi) is 4.15. The van der Waals surface area contributed by atoms with E-state index in [9.17, 15) is 5.11 Å². The Labute approximate surface area is 163 Å². The number of rotatable bonds is 1. The fraction of sp³-hybridized carbons (Fsp3) is 1.00. The molecule has 0 aromatic rings. The molecule has 138 valence electrons. The molecule has 4 fully saturated rings. The first kappa shape index (κ1) is 18.3. The molecule has 3 aliphatic carbocycles. The second kappa shape index (κ2) is 5.45. The molecule has 0 aromatic heterocycles. The van der Waals surface area contributed by atoms with Crippen LogP contribution in [0, 0.1) is 22.7 Å². The molecular formula is C20H32Br2O2. The van der Waals surface area contributed by atoms with E-state index >= 15 is 0 Å². The molecule has 2 nitrogen and oxygen atoms in total. The zero-order valence-corrected chi connectivity index (χ0v) is 18.6. The Balaban J connectivity index is 1.58. The molecule has 4 aliphatic rings. The fourth-order valence-corrected chi connectivity index (χ4v) is 7.95. The number of aliphatic hydroxyl groups is 1. The summed E-state index contributed by atoms with van der Waals surface area (Å²) >= 11 is 7.84. The summed E-state index contributed by atoms with van der Waals surface area (Å²) in [5.74, 6) is 0.880. The number of fused-ring (bicyclic) bond motifs is 1. The molecule has 0 unspecified atom stereocenters. The lowest BCUT2D eigenvalue weighted by Gasteiger charge is -2.51. The highest BCUT2D eigenvalue weighted by Crippen LogP contribution is 2.67. The highest BCUT2D eigenvalue weighted by molar-refractivity contribution is 9.09. The molecule has 1 aliphatic heterocycles. The second-order valence-corrected chi connectivity index (χ2v) is 12.5. The maximum atomic E-state index is 11.2. The van der Waals surface area contributed by atoms with Crippen LogP contribution in [0.5, 0.6) is 0 Å². The largest absolute Gasteiger partial charge is 0.390 e. The zero-order chi connectivity index (χ0) is 17.5. The van der Waals surface area contributed by atoms with Gasteiger partial charge in [-0.15, -0.1) is 0 Å². The minimum atomic E-state index is -0.546. The van der Waals surface area contributed by atoms with E-state index in [2.05, 4.69) is 59.6 Å². The summed E-state index contributed by atoms with van der Waals surface area (Å²) in [6, 6.07) is 0. The number of halogens is 2. The van der Waals surface area contributed by atoms with Crippen LogP contribution >= 0.6 is 31.9 Å². The van der Waals surface area contributed by atoms with Gasteiger partial charge in [-0.05, 0) is 74.5 Å². The van der Waals surface area contributed by atoms with Gasteiger partial charge in [-0.25, -0.2) is 0 Å². The molecule has 1 heterocycles. The van der Waals surface area contributed by atoms with Crippen LogP contribution in [0.15, 0.2) is 0 Å². The number of hydrogen-bond acceptors (Lipinski definition) is 2. The second-order valence-electron chi connectivity index (χ2n) is 10.3. The average Bonchev–Trinajstić information content (AvgIpc) is 3.01. The van der Waals surface area contributed by atoms with Crippen molar-refractivity contribution >= 4 is 31.9 Å². The maximum Gasteiger partial charge on any atom is 0.0957 e. The Morgan fingerprint density at radius 3 is 2.25 bits per heavy atom. The molecule has 0 amide bonds. The van der Waals surface area contributed by atoms with Crippen LogP contribution in [0.3, 0.4) is 0 Å². The third kappa shape index (κ3) is 2.52. The van der Waals surface area contributed by atoms with Gasteiger partial charge in [0, 0.05) is 9.65 Å². The molecule has 0 bridgehead atoms. The predicted molar refractivity (Wildman–Crippen MR) is 105 cm³/mol. The van der Waals surface area contributed by atoms with E-state index in [1.807, 2.05) is 0 Å². The Bertz CT molecular complexity index is 534. The van der Waals surface area contributed by atoms with Gasteiger partial charge in [0.2, 0.25) is 0 Å². The normalized spacial score (nSPS) is 59.4. The lowest BCUT2D eigenvalue weighted by atomic mass is 9.59. The average molecular weight is 464 g/mol. The molecule has 0 radical (unpaired) electrons. The quantitative estimate of drug-likeness (QED) is 0.414. The maximum absolute atomic E-state index is 11.2. The number of hydrogen-bond donors (Lipinski definition) is 1. The standard InChI is InChI=1S/C20H32Br2O2/c1-17(2)11-20(10-7-13(17)21)16(24-20)12-5-8-18(3)14(22)6-9-19(4,23)15(12)18/h12-16,23H,5-11H2,1-4H3/t12-,13+,14+,15+,16+,18-,19-,20+/m0/s1. The van der Waals surface area contributed by atoms with Crippen molar-refractivity contribution in [2.45, 2.75) is 99.6 Å². The number of alkyl halides is 2. The third-order valence-electron chi connectivity index (χ3n) is 8.08. The monoisotopic (exact) mass is 462 g/mol. The highest BCUT2D eigenvalue weighted by atomic mass is 79.9. The summed E-state index contributed by atoms with van der Waals surface area (Å²) in [7, 11) is 0. The topological polar surface area (TPSA) is 32.8 Å². The smallest absolute Gasteiger partial charge is 0.0957 e. The Morgan fingerprint density at radius 2 is 1.58 bits per heavy atom. The van der Waals surface area contributed by atoms with Crippen molar-refractivity contribution < 1.29 is 9.84 Å². The molecule has 24 heavy (non-hydrogen) atoms. The Hall–Kier alpha value is 0.880. The van der Waals surface area contributed by atoms with E-state index in [0.717, 1.165) is 19.3 Å². The van der Waals surface area contributed by atoms with Crippen LogP contribution < -0.4 is 0 Å². The van der Waals surface area contributed by atoms with Crippen LogP contribution in [0.4, 0.5) is 0 Å². The van der Waals surface area contributed by atoms with Gasteiger partial charge in [0.25, 0.3) is 0 Å². The molecule has 1 spiro atoms. The van der Waals surface area contributed by atoms with Gasteiger partial charge in [0.15, 0.2) is 0 Å². The molecule has 1 saturated heterocycles. The predicted octanol–water partition coefficient (Wildman–Crippen LogP) is 5.44. The van der Waals surface area contributed by atoms with Crippen molar-refractivity contribution in [3.05, 3.63) is 0 Å². The van der Waals surface area contributed by atoms with Crippen LogP contribution in [0.2, 0.25) is 0 Å². The molecule has 8 atom stereocenters. The van der Waals surface area contributed by atoms with Crippen molar-refractivity contribution in [2.24, 2.45) is 22.7 Å². The summed E-state index contributed by atoms with van der Waals surface area (Å²) in [5.41, 5.74) is 0.0537. The summed E-state index contributed by atoms with van der Waals surface area (Å²) in [5, 5.41) is 11.2. The van der Waals surface area contributed by atoms with Crippen LogP contribution in [-0.2, 0) is 4.74 Å². The lowest BCUT2D eigenvalue weighted by molar-refractivity contribution is -0.0959. The van der Waals surface area contributed by atoms with Crippen molar-refractivity contribution in [3.63, 3.8) is 0 Å². The Morgan fingerprint density at radius 1 is 0.917 bits per heavy atom. The minimum Gasteiger partial charge on any atom is -0.390 e. The van der Waals surface area contributed by atoms with E-state index < -0.39 is 5.60 Å². The summed E-state index contributed by atoms with van der Waals surface area (Å²) in [6.45, 7) is 9.23. The van der Waals surface area contributed by atoms with Gasteiger partial charge in [0.1, 0.15) is 0 Å². The van der Waals surface area contributed by atoms with Gasteiger partial charge in [-0.3, -0.25) is 0 Å². The van der Waals surface area contributed by atoms with E-state index in [1.165, 1.54) is 25.7 Å². The molecular weight excluding hydrogens is 432 g/mol. The van der Waals surface area contributed by atoms with Crippen molar-refractivity contribution in [2.75, 3.05) is 0 Å². The highest BCUT2D eigenvalue weighted by Gasteiger charge is 2.69. The third-order valence-corrected chi connectivity index (χ3v) is 11.3. The first-order valence-corrected chi connectivity index (χ1v) is 11.5. The van der Waals surface area contributed by atoms with Crippen molar-refractivity contribution in [1.82, 2.24) is 0 Å². The zero-order valence-electron chi connectivity index (χ0n) is 15.4. The van der Waals surface area contributed by atoms with Gasteiger partial charge in [-0.2, -0.15) is 0 Å². The van der Waals surface area contributed by atoms with E-state index in [4.69, 9.17) is 4.74 Å². The number of epoxide rings is 1. The first-order chi connectivity index (χ1) is 11.0. The summed E-state index contributed by atoms with van der Waals surface area (Å²) in [4.78, 5) is 1.13. The van der Waals surface area contributed by atoms with Gasteiger partial charge >= 0.3 is 0 Å². The summed E-state index contributed by atoms with van der Waals surface area (Å²) in [6.07, 6.45) is 8.33. The minimum absolute atomic E-state index is 0.0963. The lowest BCUT2D eigenvalue weighted by Crippen LogP contribution is -2.53. The van der Waals surface area contributed by atoms with Gasteiger partial charge < -0.3 is 9.84 Å². The van der Waals surface area contributed by atoms with Gasteiger partial charge in [0.05, 0.1) is 17.3 Å². The summed E-state index contributed by atoms with van der Waals surface area (Å²) < 4.78 is 6.49. The van der Waals surface area contributed by atoms with Crippen LogP contribution in [0.1, 0.15) is 72.6 Å². The molecule has 1 N–H and O–H groups in total. The van der Waals surface area contributed by atoms with Crippen molar-refractivity contribution in [3.8, 4) is 0 Å². The molecule has 4 heteroatoms. The van der Waals surface area contributed by atoms with E-state index in [-0.39, 0.29) is 11.0 Å². The fourth-order valence-electron chi connectivity index (χ4n) is 6.81. The SMILES string of the molecule is CC1(C)C[C@@]2(CC[C@H]1Br)O[C@@H]2[C@H]1CC[C@@]2(C)[C@H](Br)CC[C@](C)(O)[C@H]12. The van der Waals surface area contributed by atoms with Crippen molar-refractivity contribution in [1.29, 1.82) is 0 Å². The molecule has 3 saturated carbocycles. The van der Waals surface area contributed by atoms with Crippen LogP contribution in [-0.4, -0.2) is 32.1 Å². The molecule has 4 rings (SSSR count). The van der Waals surface area contributed by atoms with Gasteiger partial charge in [-0.1, -0.05) is 52.6 Å². The van der Waals surface area contributed by atoms with E-state index in [0.29, 0.717) is 33.0 Å². The first-order valence-electron chi connectivity index (χ1n) is 9.70. The van der Waals surface area contributed by atoms with E-state index in [1.54, 1.807) is 0 Å².